The van der Waals surface area contributed by atoms with E-state index in [-0.39, 0.29) is 17.2 Å². The molecule has 0 aliphatic rings. The molecule has 1 amide bonds. The Morgan fingerprint density at radius 3 is 2.68 bits per heavy atom. The highest BCUT2D eigenvalue weighted by molar-refractivity contribution is 7.99. The van der Waals surface area contributed by atoms with E-state index in [0.717, 1.165) is 11.1 Å². The van der Waals surface area contributed by atoms with Crippen molar-refractivity contribution in [3.05, 3.63) is 70.0 Å². The van der Waals surface area contributed by atoms with Crippen molar-refractivity contribution in [2.45, 2.75) is 38.5 Å². The van der Waals surface area contributed by atoms with Gasteiger partial charge in [0, 0.05) is 33.4 Å². The lowest BCUT2D eigenvalue weighted by Gasteiger charge is -2.19. The van der Waals surface area contributed by atoms with Crippen molar-refractivity contribution in [2.24, 2.45) is 0 Å². The van der Waals surface area contributed by atoms with Gasteiger partial charge in [-0.25, -0.2) is 4.98 Å². The van der Waals surface area contributed by atoms with E-state index in [1.54, 1.807) is 22.6 Å². The molecule has 31 heavy (non-hydrogen) atoms. The molecule has 0 aliphatic heterocycles. The van der Waals surface area contributed by atoms with Gasteiger partial charge in [-0.05, 0) is 43.5 Å². The van der Waals surface area contributed by atoms with Crippen molar-refractivity contribution in [1.29, 1.82) is 0 Å². The minimum atomic E-state index is -0.0784. The van der Waals surface area contributed by atoms with Gasteiger partial charge in [0.25, 0.3) is 5.56 Å². The van der Waals surface area contributed by atoms with E-state index in [1.165, 1.54) is 11.8 Å². The zero-order valence-corrected chi connectivity index (χ0v) is 19.2. The molecule has 0 N–H and O–H groups in total. The van der Waals surface area contributed by atoms with E-state index in [2.05, 4.69) is 4.98 Å². The molecule has 0 unspecified atom stereocenters. The summed E-state index contributed by atoms with van der Waals surface area (Å²) in [5.74, 6) is 0.218. The van der Waals surface area contributed by atoms with Gasteiger partial charge < -0.3 is 9.64 Å². The smallest absolute Gasteiger partial charge is 0.262 e. The topological polar surface area (TPSA) is 64.4 Å². The minimum absolute atomic E-state index is 0.00322. The first-order valence-electron chi connectivity index (χ1n) is 10.5. The molecule has 1 heterocycles. The van der Waals surface area contributed by atoms with Crippen LogP contribution in [-0.4, -0.2) is 46.4 Å². The molecule has 0 spiro atoms. The number of benzene rings is 2. The monoisotopic (exact) mass is 439 g/mol. The Hall–Kier alpha value is -2.64. The molecule has 0 saturated heterocycles. The van der Waals surface area contributed by atoms with Crippen LogP contribution in [-0.2, 0) is 22.6 Å². The molecule has 2 aromatic carbocycles. The Bertz CT molecular complexity index is 1100. The van der Waals surface area contributed by atoms with Crippen LogP contribution in [0.25, 0.3) is 10.9 Å². The summed E-state index contributed by atoms with van der Waals surface area (Å²) in [7, 11) is 1.80. The number of hydrogen-bond acceptors (Lipinski definition) is 5. The number of ether oxygens (including phenoxy) is 1. The molecular formula is C24H29N3O3S. The predicted molar refractivity (Wildman–Crippen MR) is 125 cm³/mol. The summed E-state index contributed by atoms with van der Waals surface area (Å²) in [6.07, 6.45) is 0.711. The number of aryl methyl sites for hydroxylation is 1. The van der Waals surface area contributed by atoms with E-state index < -0.39 is 0 Å². The Morgan fingerprint density at radius 2 is 1.90 bits per heavy atom. The summed E-state index contributed by atoms with van der Waals surface area (Å²) in [4.78, 5) is 32.2. The Morgan fingerprint density at radius 1 is 1.16 bits per heavy atom. The molecule has 6 nitrogen and oxygen atoms in total. The lowest BCUT2D eigenvalue weighted by atomic mass is 10.1. The van der Waals surface area contributed by atoms with E-state index in [9.17, 15) is 9.59 Å². The van der Waals surface area contributed by atoms with Crippen molar-refractivity contribution >= 4 is 28.6 Å². The van der Waals surface area contributed by atoms with Crippen molar-refractivity contribution in [1.82, 2.24) is 14.5 Å². The summed E-state index contributed by atoms with van der Waals surface area (Å²) < 4.78 is 7.08. The molecule has 164 valence electrons. The Kier molecular flexibility index (Phi) is 8.26. The van der Waals surface area contributed by atoms with E-state index in [1.807, 2.05) is 56.3 Å². The first-order valence-corrected chi connectivity index (χ1v) is 11.5. The second-order valence-corrected chi connectivity index (χ2v) is 8.33. The van der Waals surface area contributed by atoms with Crippen LogP contribution in [0.3, 0.4) is 0 Å². The lowest BCUT2D eigenvalue weighted by molar-refractivity contribution is -0.127. The molecule has 0 atom stereocenters. The third-order valence-electron chi connectivity index (χ3n) is 5.12. The van der Waals surface area contributed by atoms with Crippen molar-refractivity contribution in [2.75, 3.05) is 26.0 Å². The summed E-state index contributed by atoms with van der Waals surface area (Å²) in [5.41, 5.74) is 2.86. The Balaban J connectivity index is 1.75. The molecule has 1 aromatic heterocycles. The number of para-hydroxylation sites is 1. The van der Waals surface area contributed by atoms with Crippen molar-refractivity contribution < 1.29 is 9.53 Å². The highest BCUT2D eigenvalue weighted by Gasteiger charge is 2.15. The third-order valence-corrected chi connectivity index (χ3v) is 6.08. The molecule has 7 heteroatoms. The second kappa shape index (κ2) is 11.1. The number of aromatic nitrogens is 2. The molecule has 3 rings (SSSR count). The number of thioether (sulfide) groups is 1. The van der Waals surface area contributed by atoms with Gasteiger partial charge in [-0.1, -0.05) is 48.2 Å². The van der Waals surface area contributed by atoms with E-state index in [4.69, 9.17) is 4.74 Å². The molecule has 0 radical (unpaired) electrons. The van der Waals surface area contributed by atoms with Gasteiger partial charge in [0.15, 0.2) is 5.16 Å². The predicted octanol–water partition coefficient (Wildman–Crippen LogP) is 3.88. The Labute approximate surface area is 187 Å². The van der Waals surface area contributed by atoms with Crippen LogP contribution in [0, 0.1) is 6.92 Å². The molecule has 0 aliphatic carbocycles. The van der Waals surface area contributed by atoms with E-state index in [0.29, 0.717) is 48.8 Å². The van der Waals surface area contributed by atoms with Crippen LogP contribution >= 0.6 is 11.8 Å². The number of carbonyl (C=O) groups excluding carboxylic acids is 1. The van der Waals surface area contributed by atoms with Crippen LogP contribution in [0.5, 0.6) is 0 Å². The fourth-order valence-electron chi connectivity index (χ4n) is 3.29. The normalized spacial score (nSPS) is 11.1. The summed E-state index contributed by atoms with van der Waals surface area (Å²) >= 11 is 1.31. The number of rotatable bonds is 10. The van der Waals surface area contributed by atoms with Gasteiger partial charge in [-0.3, -0.25) is 14.2 Å². The van der Waals surface area contributed by atoms with Crippen LogP contribution in [0.4, 0.5) is 0 Å². The molecule has 3 aromatic rings. The molecule has 0 fully saturated rings. The molecule has 0 saturated carbocycles. The summed E-state index contributed by atoms with van der Waals surface area (Å²) in [5, 5.41) is 1.16. The van der Waals surface area contributed by atoms with E-state index >= 15 is 0 Å². The quantitative estimate of drug-likeness (QED) is 0.272. The standard InChI is InChI=1S/C24H29N3O3S/c1-4-30-15-9-14-27-23(29)20-12-7-8-13-21(20)25-24(27)31-17-22(28)26(3)16-19-11-6-5-10-18(19)2/h5-8,10-13H,4,9,14-17H2,1-3H3. The number of fused-ring (bicyclic) bond motifs is 1. The highest BCUT2D eigenvalue weighted by Crippen LogP contribution is 2.19. The highest BCUT2D eigenvalue weighted by atomic mass is 32.2. The fourth-order valence-corrected chi connectivity index (χ4v) is 4.26. The summed E-state index contributed by atoms with van der Waals surface area (Å²) in [6.45, 7) is 6.28. The fraction of sp³-hybridized carbons (Fsp3) is 0.375. The number of nitrogens with zero attached hydrogens (tertiary/aromatic N) is 3. The maximum atomic E-state index is 13.0. The maximum absolute atomic E-state index is 13.0. The van der Waals surface area contributed by atoms with Crippen molar-refractivity contribution in [3.8, 4) is 0 Å². The van der Waals surface area contributed by atoms with Gasteiger partial charge in [0.1, 0.15) is 0 Å². The zero-order chi connectivity index (χ0) is 22.2. The SMILES string of the molecule is CCOCCCn1c(SCC(=O)N(C)Cc2ccccc2C)nc2ccccc2c1=O. The first-order chi connectivity index (χ1) is 15.0. The van der Waals surface area contributed by atoms with Crippen LogP contribution in [0.15, 0.2) is 58.5 Å². The number of carbonyl (C=O) groups is 1. The van der Waals surface area contributed by atoms with Crippen LogP contribution < -0.4 is 5.56 Å². The van der Waals surface area contributed by atoms with Gasteiger partial charge in [0.05, 0.1) is 16.7 Å². The second-order valence-electron chi connectivity index (χ2n) is 7.38. The average Bonchev–Trinajstić information content (AvgIpc) is 2.78. The minimum Gasteiger partial charge on any atom is -0.382 e. The average molecular weight is 440 g/mol. The number of amides is 1. The largest absolute Gasteiger partial charge is 0.382 e. The third kappa shape index (κ3) is 5.95. The maximum Gasteiger partial charge on any atom is 0.262 e. The zero-order valence-electron chi connectivity index (χ0n) is 18.3. The van der Waals surface area contributed by atoms with Gasteiger partial charge >= 0.3 is 0 Å². The van der Waals surface area contributed by atoms with Crippen molar-refractivity contribution in [3.63, 3.8) is 0 Å². The van der Waals surface area contributed by atoms with Gasteiger partial charge in [-0.15, -0.1) is 0 Å². The summed E-state index contributed by atoms with van der Waals surface area (Å²) in [6, 6.07) is 15.4. The van der Waals surface area contributed by atoms with Gasteiger partial charge in [0.2, 0.25) is 5.91 Å². The number of hydrogen-bond donors (Lipinski definition) is 0. The molecular weight excluding hydrogens is 410 g/mol. The van der Waals surface area contributed by atoms with Gasteiger partial charge in [-0.2, -0.15) is 0 Å². The van der Waals surface area contributed by atoms with Crippen LogP contribution in [0.1, 0.15) is 24.5 Å². The molecule has 0 bridgehead atoms. The van der Waals surface area contributed by atoms with Crippen LogP contribution in [0.2, 0.25) is 0 Å². The first kappa shape index (κ1) is 23.0. The lowest BCUT2D eigenvalue weighted by Crippen LogP contribution is -2.29.